The monoisotopic (exact) mass is 337 g/mol. The molecule has 3 heteroatoms. The molecule has 3 nitrogen and oxygen atoms in total. The Balaban J connectivity index is 2.18. The van der Waals surface area contributed by atoms with E-state index in [1.54, 1.807) is 6.07 Å². The molecule has 0 aliphatic carbocycles. The van der Waals surface area contributed by atoms with Crippen LogP contribution in [0.4, 0.5) is 5.69 Å². The quantitative estimate of drug-likeness (QED) is 0.545. The fourth-order valence-electron chi connectivity index (χ4n) is 2.91. The lowest BCUT2D eigenvalue weighted by Gasteiger charge is -2.23. The largest absolute Gasteiger partial charge is 0.465 e. The van der Waals surface area contributed by atoms with Gasteiger partial charge in [0.1, 0.15) is 0 Å². The van der Waals surface area contributed by atoms with Gasteiger partial charge in [-0.25, -0.2) is 4.79 Å². The number of aliphatic imine (C=N–C) groups is 1. The van der Waals surface area contributed by atoms with Gasteiger partial charge in [-0.1, -0.05) is 64.1 Å². The molecule has 0 spiro atoms. The van der Waals surface area contributed by atoms with Gasteiger partial charge in [0, 0.05) is 6.21 Å². The van der Waals surface area contributed by atoms with Crippen molar-refractivity contribution in [2.45, 2.75) is 39.5 Å². The van der Waals surface area contributed by atoms with Gasteiger partial charge in [0.15, 0.2) is 0 Å². The lowest BCUT2D eigenvalue weighted by molar-refractivity contribution is 0.0601. The Morgan fingerprint density at radius 2 is 1.76 bits per heavy atom. The van der Waals surface area contributed by atoms with Gasteiger partial charge in [-0.2, -0.15) is 0 Å². The molecule has 2 rings (SSSR count). The molecule has 1 unspecified atom stereocenters. The molecule has 0 fully saturated rings. The zero-order valence-electron chi connectivity index (χ0n) is 15.7. The van der Waals surface area contributed by atoms with Crippen molar-refractivity contribution in [1.29, 1.82) is 0 Å². The maximum Gasteiger partial charge on any atom is 0.340 e. The highest BCUT2D eigenvalue weighted by atomic mass is 16.5. The molecule has 0 N–H and O–H groups in total. The molecule has 0 saturated heterocycles. The van der Waals surface area contributed by atoms with E-state index in [1.807, 2.05) is 24.4 Å². The standard InChI is InChI=1S/C22H27NO2/c1-16(14-17-10-6-8-12-19(17)22(2,3)4)15-23-20-13-9-7-11-18(20)21(24)25-5/h6-13,15-16H,14H2,1-5H3. The molecule has 0 aliphatic rings. The molecule has 2 aromatic rings. The van der Waals surface area contributed by atoms with E-state index in [-0.39, 0.29) is 17.3 Å². The fraction of sp³-hybridized carbons (Fsp3) is 0.364. The van der Waals surface area contributed by atoms with E-state index < -0.39 is 0 Å². The SMILES string of the molecule is COC(=O)c1ccccc1N=CC(C)Cc1ccccc1C(C)(C)C. The zero-order chi connectivity index (χ0) is 18.4. The number of nitrogens with zero attached hydrogens (tertiary/aromatic N) is 1. The Hall–Kier alpha value is -2.42. The first kappa shape index (κ1) is 18.9. The Morgan fingerprint density at radius 1 is 1.12 bits per heavy atom. The number of carbonyl (C=O) groups is 1. The summed E-state index contributed by atoms with van der Waals surface area (Å²) in [6, 6.07) is 15.8. The van der Waals surface area contributed by atoms with E-state index in [0.29, 0.717) is 11.3 Å². The van der Waals surface area contributed by atoms with Crippen LogP contribution in [0.5, 0.6) is 0 Å². The van der Waals surface area contributed by atoms with Crippen molar-refractivity contribution in [3.63, 3.8) is 0 Å². The smallest absolute Gasteiger partial charge is 0.340 e. The minimum atomic E-state index is -0.363. The predicted octanol–water partition coefficient (Wildman–Crippen LogP) is 5.35. The van der Waals surface area contributed by atoms with Gasteiger partial charge in [-0.05, 0) is 41.0 Å². The highest BCUT2D eigenvalue weighted by molar-refractivity contribution is 5.95. The average Bonchev–Trinajstić information content (AvgIpc) is 2.59. The molecule has 0 amide bonds. The van der Waals surface area contributed by atoms with Crippen LogP contribution in [0.3, 0.4) is 0 Å². The molecule has 0 aromatic heterocycles. The fourth-order valence-corrected chi connectivity index (χ4v) is 2.91. The molecule has 0 bridgehead atoms. The van der Waals surface area contributed by atoms with Crippen molar-refractivity contribution in [2.75, 3.05) is 7.11 Å². The number of rotatable bonds is 5. The summed E-state index contributed by atoms with van der Waals surface area (Å²) < 4.78 is 4.82. The van der Waals surface area contributed by atoms with Crippen molar-refractivity contribution < 1.29 is 9.53 Å². The molecule has 25 heavy (non-hydrogen) atoms. The topological polar surface area (TPSA) is 38.7 Å². The molecule has 0 aliphatic heterocycles. The maximum absolute atomic E-state index is 11.8. The third-order valence-corrected chi connectivity index (χ3v) is 4.14. The van der Waals surface area contributed by atoms with Gasteiger partial charge in [0.05, 0.1) is 18.4 Å². The summed E-state index contributed by atoms with van der Waals surface area (Å²) in [6.07, 6.45) is 2.83. The molecule has 2 aromatic carbocycles. The van der Waals surface area contributed by atoms with Crippen LogP contribution in [0.25, 0.3) is 0 Å². The molecule has 0 saturated carbocycles. The van der Waals surface area contributed by atoms with Gasteiger partial charge in [0.25, 0.3) is 0 Å². The lowest BCUT2D eigenvalue weighted by Crippen LogP contribution is -2.15. The zero-order valence-corrected chi connectivity index (χ0v) is 15.7. The Kier molecular flexibility index (Phi) is 6.13. The van der Waals surface area contributed by atoms with Crippen LogP contribution in [-0.4, -0.2) is 19.3 Å². The normalized spacial score (nSPS) is 13.0. The van der Waals surface area contributed by atoms with Crippen molar-refractivity contribution in [3.8, 4) is 0 Å². The van der Waals surface area contributed by atoms with Crippen LogP contribution in [0.1, 0.15) is 49.2 Å². The third-order valence-electron chi connectivity index (χ3n) is 4.14. The summed E-state index contributed by atoms with van der Waals surface area (Å²) in [5.74, 6) is -0.104. The summed E-state index contributed by atoms with van der Waals surface area (Å²) in [5.41, 5.74) is 3.96. The summed E-state index contributed by atoms with van der Waals surface area (Å²) in [5, 5.41) is 0. The van der Waals surface area contributed by atoms with Crippen molar-refractivity contribution in [3.05, 3.63) is 65.2 Å². The minimum Gasteiger partial charge on any atom is -0.465 e. The van der Waals surface area contributed by atoms with Gasteiger partial charge in [0.2, 0.25) is 0 Å². The third kappa shape index (κ3) is 5.02. The van der Waals surface area contributed by atoms with Gasteiger partial charge in [-0.15, -0.1) is 0 Å². The number of ether oxygens (including phenoxy) is 1. The van der Waals surface area contributed by atoms with Crippen LogP contribution in [0, 0.1) is 5.92 Å². The Bertz CT molecular complexity index is 757. The summed E-state index contributed by atoms with van der Waals surface area (Å²) in [7, 11) is 1.38. The Morgan fingerprint density at radius 3 is 2.44 bits per heavy atom. The molecule has 0 heterocycles. The number of para-hydroxylation sites is 1. The first-order chi connectivity index (χ1) is 11.8. The highest BCUT2D eigenvalue weighted by Crippen LogP contribution is 2.27. The first-order valence-corrected chi connectivity index (χ1v) is 8.63. The minimum absolute atomic E-state index is 0.116. The molecule has 0 radical (unpaired) electrons. The lowest BCUT2D eigenvalue weighted by atomic mass is 9.82. The van der Waals surface area contributed by atoms with E-state index >= 15 is 0 Å². The number of hydrogen-bond donors (Lipinski definition) is 0. The number of carbonyl (C=O) groups excluding carboxylic acids is 1. The van der Waals surface area contributed by atoms with Crippen LogP contribution in [0.2, 0.25) is 0 Å². The molecular formula is C22H27NO2. The van der Waals surface area contributed by atoms with Crippen LogP contribution in [0.15, 0.2) is 53.5 Å². The van der Waals surface area contributed by atoms with E-state index in [0.717, 1.165) is 6.42 Å². The van der Waals surface area contributed by atoms with Gasteiger partial charge >= 0.3 is 5.97 Å². The molecular weight excluding hydrogens is 310 g/mol. The van der Waals surface area contributed by atoms with E-state index in [1.165, 1.54) is 18.2 Å². The molecule has 132 valence electrons. The van der Waals surface area contributed by atoms with Crippen molar-refractivity contribution in [1.82, 2.24) is 0 Å². The average molecular weight is 337 g/mol. The van der Waals surface area contributed by atoms with Gasteiger partial charge < -0.3 is 4.74 Å². The van der Waals surface area contributed by atoms with E-state index in [9.17, 15) is 4.79 Å². The van der Waals surface area contributed by atoms with Crippen LogP contribution < -0.4 is 0 Å². The second kappa shape index (κ2) is 8.11. The first-order valence-electron chi connectivity index (χ1n) is 8.63. The van der Waals surface area contributed by atoms with E-state index in [2.05, 4.69) is 57.0 Å². The summed E-state index contributed by atoms with van der Waals surface area (Å²) >= 11 is 0. The number of benzene rings is 2. The highest BCUT2D eigenvalue weighted by Gasteiger charge is 2.18. The van der Waals surface area contributed by atoms with Crippen LogP contribution >= 0.6 is 0 Å². The number of esters is 1. The second-order valence-corrected chi connectivity index (χ2v) is 7.38. The predicted molar refractivity (Wildman–Crippen MR) is 104 cm³/mol. The van der Waals surface area contributed by atoms with Crippen LogP contribution in [-0.2, 0) is 16.6 Å². The Labute approximate surface area is 150 Å². The number of methoxy groups -OCH3 is 1. The van der Waals surface area contributed by atoms with Gasteiger partial charge in [-0.3, -0.25) is 4.99 Å². The summed E-state index contributed by atoms with van der Waals surface area (Å²) in [6.45, 7) is 8.84. The van der Waals surface area contributed by atoms with Crippen molar-refractivity contribution >= 4 is 17.9 Å². The summed E-state index contributed by atoms with van der Waals surface area (Å²) in [4.78, 5) is 16.4. The van der Waals surface area contributed by atoms with E-state index in [4.69, 9.17) is 4.74 Å². The van der Waals surface area contributed by atoms with Crippen molar-refractivity contribution in [2.24, 2.45) is 10.9 Å². The maximum atomic E-state index is 11.8. The number of hydrogen-bond acceptors (Lipinski definition) is 3. The molecule has 1 atom stereocenters. The second-order valence-electron chi connectivity index (χ2n) is 7.38.